The summed E-state index contributed by atoms with van der Waals surface area (Å²) in [5.74, 6) is 0.0621. The molecular formula is C15H27NO2. The van der Waals surface area contributed by atoms with Gasteiger partial charge in [-0.05, 0) is 44.4 Å². The molecule has 0 aromatic heterocycles. The molecule has 0 spiro atoms. The van der Waals surface area contributed by atoms with Gasteiger partial charge in [-0.3, -0.25) is 10.1 Å². The number of carboxylic acid groups (broad SMARTS) is 1. The van der Waals surface area contributed by atoms with E-state index in [4.69, 9.17) is 0 Å². The first kappa shape index (κ1) is 13.9. The number of aliphatic carboxylic acids is 1. The van der Waals surface area contributed by atoms with Crippen LogP contribution in [0.25, 0.3) is 0 Å². The van der Waals surface area contributed by atoms with Crippen molar-refractivity contribution in [3.05, 3.63) is 0 Å². The maximum atomic E-state index is 11.7. The second-order valence-corrected chi connectivity index (χ2v) is 6.40. The van der Waals surface area contributed by atoms with Crippen LogP contribution in [0.3, 0.4) is 0 Å². The van der Waals surface area contributed by atoms with Gasteiger partial charge in [-0.15, -0.1) is 0 Å². The van der Waals surface area contributed by atoms with Crippen LogP contribution in [0.15, 0.2) is 0 Å². The molecule has 2 aliphatic carbocycles. The molecule has 0 aromatic carbocycles. The molecule has 2 fully saturated rings. The Kier molecular flexibility index (Phi) is 4.66. The SMILES string of the molecule is CC1CCC(NC2CCCCCC2)(C(=O)O)CC1. The lowest BCUT2D eigenvalue weighted by molar-refractivity contribution is -0.147. The van der Waals surface area contributed by atoms with Gasteiger partial charge in [0.2, 0.25) is 0 Å². The number of rotatable bonds is 3. The molecule has 18 heavy (non-hydrogen) atoms. The van der Waals surface area contributed by atoms with Gasteiger partial charge in [0.25, 0.3) is 0 Å². The average molecular weight is 253 g/mol. The summed E-state index contributed by atoms with van der Waals surface area (Å²) in [5.41, 5.74) is -0.623. The van der Waals surface area contributed by atoms with Crippen LogP contribution in [0.1, 0.15) is 71.1 Å². The second kappa shape index (κ2) is 6.05. The first-order valence-corrected chi connectivity index (χ1v) is 7.63. The van der Waals surface area contributed by atoms with Crippen molar-refractivity contribution in [1.82, 2.24) is 5.32 Å². The predicted octanol–water partition coefficient (Wildman–Crippen LogP) is 3.33. The van der Waals surface area contributed by atoms with Crippen molar-refractivity contribution in [3.63, 3.8) is 0 Å². The molecule has 0 bridgehead atoms. The lowest BCUT2D eigenvalue weighted by atomic mass is 9.76. The molecule has 0 aliphatic heterocycles. The maximum Gasteiger partial charge on any atom is 0.323 e. The van der Waals surface area contributed by atoms with Crippen molar-refractivity contribution in [2.45, 2.75) is 82.7 Å². The third-order valence-corrected chi connectivity index (χ3v) is 4.87. The Bertz CT molecular complexity index is 274. The van der Waals surface area contributed by atoms with Crippen LogP contribution in [-0.4, -0.2) is 22.7 Å². The molecule has 2 aliphatic rings. The minimum absolute atomic E-state index is 0.428. The molecule has 104 valence electrons. The summed E-state index contributed by atoms with van der Waals surface area (Å²) >= 11 is 0. The highest BCUT2D eigenvalue weighted by molar-refractivity contribution is 5.79. The van der Waals surface area contributed by atoms with E-state index in [9.17, 15) is 9.90 Å². The summed E-state index contributed by atoms with van der Waals surface area (Å²) in [6.45, 7) is 2.23. The Balaban J connectivity index is 1.99. The monoisotopic (exact) mass is 253 g/mol. The Labute approximate surface area is 110 Å². The molecule has 2 saturated carbocycles. The van der Waals surface area contributed by atoms with Crippen LogP contribution in [0.4, 0.5) is 0 Å². The molecule has 2 N–H and O–H groups in total. The molecule has 3 nitrogen and oxygen atoms in total. The van der Waals surface area contributed by atoms with Crippen molar-refractivity contribution in [2.75, 3.05) is 0 Å². The zero-order valence-corrected chi connectivity index (χ0v) is 11.6. The maximum absolute atomic E-state index is 11.7. The first-order chi connectivity index (χ1) is 8.62. The van der Waals surface area contributed by atoms with Gasteiger partial charge in [-0.25, -0.2) is 0 Å². The number of hydrogen-bond donors (Lipinski definition) is 2. The number of carbonyl (C=O) groups is 1. The number of nitrogens with one attached hydrogen (secondary N) is 1. The van der Waals surface area contributed by atoms with E-state index in [-0.39, 0.29) is 0 Å². The van der Waals surface area contributed by atoms with Gasteiger partial charge >= 0.3 is 5.97 Å². The fourth-order valence-electron chi connectivity index (χ4n) is 3.49. The summed E-state index contributed by atoms with van der Waals surface area (Å²) in [6.07, 6.45) is 11.2. The molecule has 0 aromatic rings. The van der Waals surface area contributed by atoms with Crippen molar-refractivity contribution >= 4 is 5.97 Å². The van der Waals surface area contributed by atoms with Crippen molar-refractivity contribution in [2.24, 2.45) is 5.92 Å². The fraction of sp³-hybridized carbons (Fsp3) is 0.933. The number of carboxylic acids is 1. The zero-order chi connectivity index (χ0) is 13.0. The summed E-state index contributed by atoms with van der Waals surface area (Å²) in [5, 5.41) is 13.1. The van der Waals surface area contributed by atoms with Gasteiger partial charge in [0.1, 0.15) is 5.54 Å². The first-order valence-electron chi connectivity index (χ1n) is 7.63. The topological polar surface area (TPSA) is 49.3 Å². The smallest absolute Gasteiger partial charge is 0.323 e. The Morgan fingerprint density at radius 1 is 1.06 bits per heavy atom. The summed E-state index contributed by atoms with van der Waals surface area (Å²) in [6, 6.07) is 0.428. The molecule has 0 amide bonds. The highest BCUT2D eigenvalue weighted by atomic mass is 16.4. The van der Waals surface area contributed by atoms with Crippen LogP contribution in [0, 0.1) is 5.92 Å². The minimum Gasteiger partial charge on any atom is -0.480 e. The molecule has 0 atom stereocenters. The lowest BCUT2D eigenvalue weighted by Gasteiger charge is -2.39. The van der Waals surface area contributed by atoms with Crippen LogP contribution in [-0.2, 0) is 4.79 Å². The molecule has 0 saturated heterocycles. The summed E-state index contributed by atoms with van der Waals surface area (Å²) in [4.78, 5) is 11.7. The van der Waals surface area contributed by atoms with Crippen molar-refractivity contribution in [1.29, 1.82) is 0 Å². The van der Waals surface area contributed by atoms with E-state index < -0.39 is 11.5 Å². The Morgan fingerprint density at radius 3 is 2.11 bits per heavy atom. The highest BCUT2D eigenvalue weighted by Crippen LogP contribution is 2.33. The highest BCUT2D eigenvalue weighted by Gasteiger charge is 2.42. The van der Waals surface area contributed by atoms with E-state index in [0.29, 0.717) is 12.0 Å². The lowest BCUT2D eigenvalue weighted by Crippen LogP contribution is -2.57. The standard InChI is InChI=1S/C15H27NO2/c1-12-8-10-15(11-9-12,14(17)18)16-13-6-4-2-3-5-7-13/h12-13,16H,2-11H2,1H3,(H,17,18). The molecule has 0 heterocycles. The molecule has 2 rings (SSSR count). The van der Waals surface area contributed by atoms with E-state index in [1.54, 1.807) is 0 Å². The normalized spacial score (nSPS) is 35.1. The fourth-order valence-corrected chi connectivity index (χ4v) is 3.49. The third-order valence-electron chi connectivity index (χ3n) is 4.87. The quantitative estimate of drug-likeness (QED) is 0.758. The summed E-state index contributed by atoms with van der Waals surface area (Å²) in [7, 11) is 0. The van der Waals surface area contributed by atoms with Crippen molar-refractivity contribution in [3.8, 4) is 0 Å². The van der Waals surface area contributed by atoms with Gasteiger partial charge in [0.05, 0.1) is 0 Å². The molecule has 0 unspecified atom stereocenters. The van der Waals surface area contributed by atoms with E-state index >= 15 is 0 Å². The van der Waals surface area contributed by atoms with Gasteiger partial charge in [0, 0.05) is 6.04 Å². The third kappa shape index (κ3) is 3.25. The second-order valence-electron chi connectivity index (χ2n) is 6.40. The number of hydrogen-bond acceptors (Lipinski definition) is 2. The van der Waals surface area contributed by atoms with Gasteiger partial charge in [0.15, 0.2) is 0 Å². The van der Waals surface area contributed by atoms with Crippen LogP contribution >= 0.6 is 0 Å². The zero-order valence-electron chi connectivity index (χ0n) is 11.6. The molecular weight excluding hydrogens is 226 g/mol. The predicted molar refractivity (Wildman–Crippen MR) is 72.6 cm³/mol. The van der Waals surface area contributed by atoms with Crippen LogP contribution in [0.5, 0.6) is 0 Å². The van der Waals surface area contributed by atoms with Gasteiger partial charge in [-0.2, -0.15) is 0 Å². The van der Waals surface area contributed by atoms with Crippen molar-refractivity contribution < 1.29 is 9.90 Å². The van der Waals surface area contributed by atoms with E-state index in [2.05, 4.69) is 12.2 Å². The van der Waals surface area contributed by atoms with E-state index in [1.807, 2.05) is 0 Å². The van der Waals surface area contributed by atoms with Gasteiger partial charge in [-0.1, -0.05) is 32.6 Å². The average Bonchev–Trinajstić information content (AvgIpc) is 2.60. The Hall–Kier alpha value is -0.570. The van der Waals surface area contributed by atoms with E-state index in [1.165, 1.54) is 25.7 Å². The molecule has 0 radical (unpaired) electrons. The largest absolute Gasteiger partial charge is 0.480 e. The molecule has 3 heteroatoms. The van der Waals surface area contributed by atoms with Crippen LogP contribution in [0.2, 0.25) is 0 Å². The summed E-state index contributed by atoms with van der Waals surface area (Å²) < 4.78 is 0. The van der Waals surface area contributed by atoms with Gasteiger partial charge < -0.3 is 5.11 Å². The van der Waals surface area contributed by atoms with Crippen LogP contribution < -0.4 is 5.32 Å². The Morgan fingerprint density at radius 2 is 1.61 bits per heavy atom. The van der Waals surface area contributed by atoms with E-state index in [0.717, 1.165) is 38.5 Å². The minimum atomic E-state index is -0.626.